The van der Waals surface area contributed by atoms with Gasteiger partial charge >= 0.3 is 0 Å². The Bertz CT molecular complexity index is 1380. The summed E-state index contributed by atoms with van der Waals surface area (Å²) < 4.78 is 2.89. The van der Waals surface area contributed by atoms with E-state index in [0.717, 1.165) is 32.3 Å². The number of rotatable bonds is 4. The second-order valence-electron chi connectivity index (χ2n) is 6.84. The Morgan fingerprint density at radius 3 is 2.80 bits per heavy atom. The zero-order chi connectivity index (χ0) is 20.5. The first-order valence-corrected chi connectivity index (χ1v) is 10.2. The van der Waals surface area contributed by atoms with Crippen LogP contribution in [0.5, 0.6) is 0 Å². The summed E-state index contributed by atoms with van der Waals surface area (Å²) in [6, 6.07) is 17.1. The molecule has 0 saturated heterocycles. The summed E-state index contributed by atoms with van der Waals surface area (Å²) >= 11 is 3.45. The molecule has 0 unspecified atom stereocenters. The molecule has 0 bridgehead atoms. The van der Waals surface area contributed by atoms with Crippen LogP contribution >= 0.6 is 15.9 Å². The lowest BCUT2D eigenvalue weighted by Gasteiger charge is -2.10. The molecule has 5 rings (SSSR count). The van der Waals surface area contributed by atoms with Gasteiger partial charge in [-0.3, -0.25) is 9.78 Å². The van der Waals surface area contributed by atoms with Gasteiger partial charge in [-0.05, 0) is 52.3 Å². The first kappa shape index (κ1) is 18.4. The highest BCUT2D eigenvalue weighted by Crippen LogP contribution is 2.24. The van der Waals surface area contributed by atoms with Crippen LogP contribution in [0.15, 0.2) is 83.9 Å². The van der Waals surface area contributed by atoms with Gasteiger partial charge in [0.05, 0.1) is 29.0 Å². The maximum Gasteiger partial charge on any atom is 0.252 e. The van der Waals surface area contributed by atoms with Crippen molar-refractivity contribution >= 4 is 38.4 Å². The summed E-state index contributed by atoms with van der Waals surface area (Å²) in [5.74, 6) is -0.169. The molecule has 1 aromatic carbocycles. The number of carbonyl (C=O) groups is 1. The number of aromatic nitrogens is 4. The van der Waals surface area contributed by atoms with Crippen LogP contribution < -0.4 is 5.32 Å². The summed E-state index contributed by atoms with van der Waals surface area (Å²) in [6.07, 6.45) is 7.30. The van der Waals surface area contributed by atoms with Gasteiger partial charge in [-0.1, -0.05) is 18.2 Å². The van der Waals surface area contributed by atoms with E-state index in [-0.39, 0.29) is 5.91 Å². The molecule has 0 radical (unpaired) electrons. The Morgan fingerprint density at radius 1 is 1.03 bits per heavy atom. The monoisotopic (exact) mass is 457 g/mol. The van der Waals surface area contributed by atoms with E-state index >= 15 is 0 Å². The van der Waals surface area contributed by atoms with Crippen molar-refractivity contribution in [2.24, 2.45) is 0 Å². The topological polar surface area (TPSA) is 72.2 Å². The predicted octanol–water partition coefficient (Wildman–Crippen LogP) is 4.64. The van der Waals surface area contributed by atoms with Crippen LogP contribution in [-0.2, 0) is 6.54 Å². The molecule has 0 aliphatic heterocycles. The van der Waals surface area contributed by atoms with Crippen molar-refractivity contribution in [2.45, 2.75) is 6.54 Å². The third-order valence-electron chi connectivity index (χ3n) is 4.81. The number of amides is 1. The smallest absolute Gasteiger partial charge is 0.252 e. The van der Waals surface area contributed by atoms with Crippen molar-refractivity contribution in [1.82, 2.24) is 24.7 Å². The van der Waals surface area contributed by atoms with Crippen molar-refractivity contribution in [2.75, 3.05) is 0 Å². The fraction of sp³-hybridized carbons (Fsp3) is 0.0435. The molecule has 0 spiro atoms. The number of imidazole rings is 1. The summed E-state index contributed by atoms with van der Waals surface area (Å²) in [4.78, 5) is 26.5. The summed E-state index contributed by atoms with van der Waals surface area (Å²) in [5.41, 5.74) is 4.53. The van der Waals surface area contributed by atoms with E-state index in [4.69, 9.17) is 4.98 Å². The van der Waals surface area contributed by atoms with Gasteiger partial charge in [-0.2, -0.15) is 0 Å². The van der Waals surface area contributed by atoms with Crippen LogP contribution in [0.25, 0.3) is 27.8 Å². The largest absolute Gasteiger partial charge is 0.346 e. The Kier molecular flexibility index (Phi) is 4.72. The van der Waals surface area contributed by atoms with Gasteiger partial charge in [0, 0.05) is 40.2 Å². The summed E-state index contributed by atoms with van der Waals surface area (Å²) in [6.45, 7) is 0.330. The van der Waals surface area contributed by atoms with E-state index in [0.29, 0.717) is 17.8 Å². The zero-order valence-electron chi connectivity index (χ0n) is 15.8. The Labute approximate surface area is 180 Å². The number of nitrogens with zero attached hydrogens (tertiary/aromatic N) is 4. The molecular formula is C23H16BrN5O. The van der Waals surface area contributed by atoms with Gasteiger partial charge in [-0.25, -0.2) is 9.97 Å². The lowest BCUT2D eigenvalue weighted by atomic mass is 10.0. The van der Waals surface area contributed by atoms with Crippen LogP contribution in [0.4, 0.5) is 0 Å². The van der Waals surface area contributed by atoms with E-state index in [1.54, 1.807) is 12.4 Å². The predicted molar refractivity (Wildman–Crippen MR) is 119 cm³/mol. The number of para-hydroxylation sites is 1. The van der Waals surface area contributed by atoms with E-state index < -0.39 is 0 Å². The highest BCUT2D eigenvalue weighted by atomic mass is 79.9. The van der Waals surface area contributed by atoms with Crippen LogP contribution in [0.2, 0.25) is 0 Å². The van der Waals surface area contributed by atoms with Crippen molar-refractivity contribution in [3.8, 4) is 11.3 Å². The third kappa shape index (κ3) is 3.55. The minimum Gasteiger partial charge on any atom is -0.346 e. The van der Waals surface area contributed by atoms with Crippen LogP contribution in [0.1, 0.15) is 16.1 Å². The van der Waals surface area contributed by atoms with Crippen molar-refractivity contribution < 1.29 is 4.79 Å². The average Bonchev–Trinajstić information content (AvgIpc) is 3.19. The number of hydrogen-bond donors (Lipinski definition) is 1. The Hall–Kier alpha value is -3.58. The van der Waals surface area contributed by atoms with Gasteiger partial charge in [0.15, 0.2) is 0 Å². The summed E-state index contributed by atoms with van der Waals surface area (Å²) in [7, 11) is 0. The Balaban J connectivity index is 1.47. The summed E-state index contributed by atoms with van der Waals surface area (Å²) in [5, 5.41) is 3.80. The minimum absolute atomic E-state index is 0.169. The molecule has 146 valence electrons. The number of carbonyl (C=O) groups excluding carboxylic acids is 1. The average molecular weight is 458 g/mol. The molecule has 7 heteroatoms. The zero-order valence-corrected chi connectivity index (χ0v) is 17.4. The van der Waals surface area contributed by atoms with E-state index in [1.807, 2.05) is 71.4 Å². The number of hydrogen-bond acceptors (Lipinski definition) is 4. The normalized spacial score (nSPS) is 11.1. The minimum atomic E-state index is -0.169. The lowest BCUT2D eigenvalue weighted by Crippen LogP contribution is -2.23. The highest BCUT2D eigenvalue weighted by Gasteiger charge is 2.14. The number of halogens is 1. The maximum atomic E-state index is 13.1. The third-order valence-corrected chi connectivity index (χ3v) is 5.28. The standard InChI is InChI=1S/C23H16BrN5O/c24-16-7-8-22-27-17(14-29(22)13-16)12-26-23(30)19-10-21(15-4-3-9-25-11-15)28-20-6-2-1-5-18(19)20/h1-11,13-14H,12H2,(H,26,30). The second kappa shape index (κ2) is 7.68. The maximum absolute atomic E-state index is 13.1. The highest BCUT2D eigenvalue weighted by molar-refractivity contribution is 9.10. The Morgan fingerprint density at radius 2 is 1.93 bits per heavy atom. The van der Waals surface area contributed by atoms with E-state index in [9.17, 15) is 4.79 Å². The quantitative estimate of drug-likeness (QED) is 0.426. The van der Waals surface area contributed by atoms with Crippen LogP contribution in [0, 0.1) is 0 Å². The fourth-order valence-corrected chi connectivity index (χ4v) is 3.75. The van der Waals surface area contributed by atoms with E-state index in [2.05, 4.69) is 31.2 Å². The molecule has 1 amide bonds. The number of pyridine rings is 3. The molecule has 0 fully saturated rings. The molecule has 4 heterocycles. The van der Waals surface area contributed by atoms with Crippen LogP contribution in [0.3, 0.4) is 0 Å². The second-order valence-corrected chi connectivity index (χ2v) is 7.76. The van der Waals surface area contributed by atoms with Gasteiger partial charge in [0.2, 0.25) is 0 Å². The number of benzene rings is 1. The van der Waals surface area contributed by atoms with Gasteiger partial charge in [0.25, 0.3) is 5.91 Å². The molecule has 0 aliphatic rings. The number of nitrogens with one attached hydrogen (secondary N) is 1. The van der Waals surface area contributed by atoms with Crippen molar-refractivity contribution in [3.63, 3.8) is 0 Å². The first-order valence-electron chi connectivity index (χ1n) is 9.39. The number of fused-ring (bicyclic) bond motifs is 2. The molecule has 1 N–H and O–H groups in total. The molecule has 30 heavy (non-hydrogen) atoms. The fourth-order valence-electron chi connectivity index (χ4n) is 3.39. The van der Waals surface area contributed by atoms with Crippen molar-refractivity contribution in [1.29, 1.82) is 0 Å². The molecule has 0 atom stereocenters. The molecule has 5 aromatic rings. The molecule has 4 aromatic heterocycles. The first-order chi connectivity index (χ1) is 14.7. The van der Waals surface area contributed by atoms with E-state index in [1.165, 1.54) is 0 Å². The van der Waals surface area contributed by atoms with Crippen LogP contribution in [-0.4, -0.2) is 25.3 Å². The van der Waals surface area contributed by atoms with Gasteiger partial charge in [-0.15, -0.1) is 0 Å². The molecule has 6 nitrogen and oxygen atoms in total. The molecular weight excluding hydrogens is 442 g/mol. The van der Waals surface area contributed by atoms with Gasteiger partial charge in [0.1, 0.15) is 5.65 Å². The van der Waals surface area contributed by atoms with Gasteiger partial charge < -0.3 is 9.72 Å². The SMILES string of the molecule is O=C(NCc1cn2cc(Br)ccc2n1)c1cc(-c2cccnc2)nc2ccccc12. The van der Waals surface area contributed by atoms with Crippen molar-refractivity contribution in [3.05, 3.63) is 95.1 Å². The molecule has 0 saturated carbocycles. The molecule has 0 aliphatic carbocycles. The lowest BCUT2D eigenvalue weighted by molar-refractivity contribution is 0.0952.